The molecule has 1 aliphatic rings. The summed E-state index contributed by atoms with van der Waals surface area (Å²) in [4.78, 5) is 29.7. The quantitative estimate of drug-likeness (QED) is 0.630. The van der Waals surface area contributed by atoms with Crippen molar-refractivity contribution in [3.05, 3.63) is 44.0 Å². The Bertz CT molecular complexity index is 820. The van der Waals surface area contributed by atoms with Crippen molar-refractivity contribution < 1.29 is 14.3 Å². The first-order chi connectivity index (χ1) is 11.5. The molecule has 0 saturated carbocycles. The molecule has 1 amide bonds. The molecule has 0 aliphatic heterocycles. The van der Waals surface area contributed by atoms with Gasteiger partial charge < -0.3 is 10.1 Å². The molecule has 0 spiro atoms. The second kappa shape index (κ2) is 7.09. The number of aromatic nitrogens is 1. The van der Waals surface area contributed by atoms with E-state index in [0.29, 0.717) is 10.6 Å². The minimum atomic E-state index is -0.508. The summed E-state index contributed by atoms with van der Waals surface area (Å²) in [6.07, 6.45) is 3.80. The number of rotatable bonds is 3. The van der Waals surface area contributed by atoms with Crippen LogP contribution >= 0.6 is 34.5 Å². The molecule has 0 saturated heterocycles. The maximum atomic E-state index is 12.5. The number of methoxy groups -OCH3 is 1. The summed E-state index contributed by atoms with van der Waals surface area (Å²) in [6, 6.07) is 3.01. The van der Waals surface area contributed by atoms with Gasteiger partial charge in [0.1, 0.15) is 15.8 Å². The average molecular weight is 385 g/mol. The smallest absolute Gasteiger partial charge is 0.341 e. The topological polar surface area (TPSA) is 68.3 Å². The molecular weight excluding hydrogens is 371 g/mol. The molecule has 126 valence electrons. The van der Waals surface area contributed by atoms with Crippen LogP contribution in [0.1, 0.15) is 44.1 Å². The molecule has 1 N–H and O–H groups in total. The summed E-state index contributed by atoms with van der Waals surface area (Å²) in [5, 5.41) is 3.57. The van der Waals surface area contributed by atoms with Crippen molar-refractivity contribution in [2.45, 2.75) is 25.7 Å². The summed E-state index contributed by atoms with van der Waals surface area (Å²) < 4.78 is 4.89. The summed E-state index contributed by atoms with van der Waals surface area (Å²) in [7, 11) is 1.33. The number of amides is 1. The maximum Gasteiger partial charge on any atom is 0.341 e. The molecule has 0 radical (unpaired) electrons. The third kappa shape index (κ3) is 3.27. The lowest BCUT2D eigenvalue weighted by Gasteiger charge is -2.11. The molecule has 0 atom stereocenters. The van der Waals surface area contributed by atoms with E-state index >= 15 is 0 Å². The zero-order chi connectivity index (χ0) is 17.3. The number of thiophene rings is 1. The number of hydrogen-bond acceptors (Lipinski definition) is 5. The van der Waals surface area contributed by atoms with Crippen LogP contribution in [0.5, 0.6) is 0 Å². The largest absolute Gasteiger partial charge is 0.465 e. The molecule has 1 aliphatic carbocycles. The lowest BCUT2D eigenvalue weighted by atomic mass is 9.95. The third-order valence-corrected chi connectivity index (χ3v) is 5.54. The second-order valence-electron chi connectivity index (χ2n) is 5.33. The van der Waals surface area contributed by atoms with Gasteiger partial charge in [-0.2, -0.15) is 0 Å². The summed E-state index contributed by atoms with van der Waals surface area (Å²) in [5.41, 5.74) is 1.42. The van der Waals surface area contributed by atoms with Crippen molar-refractivity contribution in [1.82, 2.24) is 4.98 Å². The summed E-state index contributed by atoms with van der Waals surface area (Å²) in [6.45, 7) is 0. The van der Waals surface area contributed by atoms with Crippen LogP contribution in [0.4, 0.5) is 5.00 Å². The lowest BCUT2D eigenvalue weighted by molar-refractivity contribution is 0.0601. The number of ether oxygens (including phenoxy) is 1. The highest BCUT2D eigenvalue weighted by molar-refractivity contribution is 7.17. The van der Waals surface area contributed by atoms with Gasteiger partial charge in [0.05, 0.1) is 17.7 Å². The van der Waals surface area contributed by atoms with E-state index in [9.17, 15) is 9.59 Å². The highest BCUT2D eigenvalue weighted by atomic mass is 35.5. The zero-order valence-corrected chi connectivity index (χ0v) is 15.1. The minimum Gasteiger partial charge on any atom is -0.465 e. The van der Waals surface area contributed by atoms with Crippen LogP contribution in [0, 0.1) is 0 Å². The third-order valence-electron chi connectivity index (χ3n) is 3.81. The molecule has 24 heavy (non-hydrogen) atoms. The predicted octanol–water partition coefficient (Wildman–Crippen LogP) is 4.37. The van der Waals surface area contributed by atoms with Crippen molar-refractivity contribution in [2.75, 3.05) is 12.4 Å². The number of halogens is 2. The maximum absolute atomic E-state index is 12.5. The van der Waals surface area contributed by atoms with E-state index in [4.69, 9.17) is 27.9 Å². The number of fused-ring (bicyclic) bond motifs is 1. The molecule has 2 aromatic heterocycles. The van der Waals surface area contributed by atoms with Gasteiger partial charge in [0.25, 0.3) is 5.91 Å². The van der Waals surface area contributed by atoms with Gasteiger partial charge in [-0.05, 0) is 43.4 Å². The Hall–Kier alpha value is -1.63. The fraction of sp³-hybridized carbons (Fsp3) is 0.312. The number of pyridine rings is 1. The van der Waals surface area contributed by atoms with E-state index in [1.54, 1.807) is 0 Å². The van der Waals surface area contributed by atoms with Crippen LogP contribution in [0.3, 0.4) is 0 Å². The molecule has 2 heterocycles. The molecule has 0 bridgehead atoms. The first kappa shape index (κ1) is 17.2. The van der Waals surface area contributed by atoms with Gasteiger partial charge in [0.2, 0.25) is 0 Å². The van der Waals surface area contributed by atoms with E-state index in [1.165, 1.54) is 30.6 Å². The van der Waals surface area contributed by atoms with E-state index < -0.39 is 11.9 Å². The van der Waals surface area contributed by atoms with Crippen LogP contribution in [0.25, 0.3) is 0 Å². The van der Waals surface area contributed by atoms with E-state index in [1.807, 2.05) is 0 Å². The average Bonchev–Trinajstić information content (AvgIpc) is 2.94. The Balaban J connectivity index is 1.97. The van der Waals surface area contributed by atoms with E-state index in [0.717, 1.165) is 36.1 Å². The van der Waals surface area contributed by atoms with Crippen LogP contribution in [0.2, 0.25) is 10.2 Å². The van der Waals surface area contributed by atoms with Gasteiger partial charge in [-0.1, -0.05) is 23.2 Å². The second-order valence-corrected chi connectivity index (χ2v) is 7.22. The van der Waals surface area contributed by atoms with Crippen molar-refractivity contribution >= 4 is 51.4 Å². The number of carbonyl (C=O) groups is 2. The van der Waals surface area contributed by atoms with Gasteiger partial charge in [-0.15, -0.1) is 11.3 Å². The number of carbonyl (C=O) groups excluding carboxylic acids is 2. The Labute approximate surface area is 152 Å². The van der Waals surface area contributed by atoms with Gasteiger partial charge in [-0.25, -0.2) is 9.78 Å². The fourth-order valence-electron chi connectivity index (χ4n) is 2.71. The minimum absolute atomic E-state index is 0.0198. The molecular formula is C16H14Cl2N2O3S. The Morgan fingerprint density at radius 1 is 1.25 bits per heavy atom. The Morgan fingerprint density at radius 3 is 2.75 bits per heavy atom. The molecule has 5 nitrogen and oxygen atoms in total. The van der Waals surface area contributed by atoms with E-state index in [2.05, 4.69) is 10.3 Å². The number of nitrogens with one attached hydrogen (secondary N) is 1. The first-order valence-corrected chi connectivity index (χ1v) is 8.94. The monoisotopic (exact) mass is 384 g/mol. The number of nitrogens with zero attached hydrogens (tertiary/aromatic N) is 1. The van der Waals surface area contributed by atoms with Gasteiger partial charge in [0, 0.05) is 4.88 Å². The molecule has 0 unspecified atom stereocenters. The number of hydrogen-bond donors (Lipinski definition) is 1. The van der Waals surface area contributed by atoms with Crippen LogP contribution < -0.4 is 5.32 Å². The number of aryl methyl sites for hydroxylation is 1. The standard InChI is InChI=1S/C16H14Cl2N2O3S/c1-23-16(22)12-8-4-2-3-5-10(8)24-15(12)20-14(21)13-9(17)6-7-11(18)19-13/h6-7H,2-5H2,1H3,(H,20,21). The lowest BCUT2D eigenvalue weighted by Crippen LogP contribution is -2.16. The van der Waals surface area contributed by atoms with Crippen LogP contribution in [-0.4, -0.2) is 24.0 Å². The van der Waals surface area contributed by atoms with Crippen molar-refractivity contribution in [3.63, 3.8) is 0 Å². The Kier molecular flexibility index (Phi) is 5.08. The van der Waals surface area contributed by atoms with Crippen molar-refractivity contribution in [2.24, 2.45) is 0 Å². The van der Waals surface area contributed by atoms with Gasteiger partial charge in [0.15, 0.2) is 0 Å². The van der Waals surface area contributed by atoms with E-state index in [-0.39, 0.29) is 15.9 Å². The predicted molar refractivity (Wildman–Crippen MR) is 94.5 cm³/mol. The molecule has 0 aromatic carbocycles. The zero-order valence-electron chi connectivity index (χ0n) is 12.8. The molecule has 2 aromatic rings. The van der Waals surface area contributed by atoms with Crippen LogP contribution in [-0.2, 0) is 17.6 Å². The normalized spacial score (nSPS) is 13.3. The molecule has 0 fully saturated rings. The molecule has 8 heteroatoms. The SMILES string of the molecule is COC(=O)c1c(NC(=O)c2nc(Cl)ccc2Cl)sc2c1CCCC2. The first-order valence-electron chi connectivity index (χ1n) is 7.37. The molecule has 3 rings (SSSR count). The van der Waals surface area contributed by atoms with Gasteiger partial charge in [-0.3, -0.25) is 4.79 Å². The summed E-state index contributed by atoms with van der Waals surface area (Å²) >= 11 is 13.2. The van der Waals surface area contributed by atoms with Crippen molar-refractivity contribution in [1.29, 1.82) is 0 Å². The highest BCUT2D eigenvalue weighted by Crippen LogP contribution is 2.38. The summed E-state index contributed by atoms with van der Waals surface area (Å²) in [5.74, 6) is -0.957. The highest BCUT2D eigenvalue weighted by Gasteiger charge is 2.27. The number of anilines is 1. The Morgan fingerprint density at radius 2 is 2.00 bits per heavy atom. The van der Waals surface area contributed by atoms with Crippen LogP contribution in [0.15, 0.2) is 12.1 Å². The van der Waals surface area contributed by atoms with Gasteiger partial charge >= 0.3 is 5.97 Å². The fourth-order valence-corrected chi connectivity index (χ4v) is 4.32. The number of esters is 1. The van der Waals surface area contributed by atoms with Crippen molar-refractivity contribution in [3.8, 4) is 0 Å².